The fraction of sp³-hybridized carbons (Fsp3) is 0.500. The Morgan fingerprint density at radius 1 is 0.812 bits per heavy atom. The van der Waals surface area contributed by atoms with Crippen molar-refractivity contribution >= 4 is 32.1 Å². The minimum absolute atomic E-state index is 0.785. The molecule has 0 saturated heterocycles. The van der Waals surface area contributed by atoms with Crippen molar-refractivity contribution in [2.75, 3.05) is 13.1 Å². The van der Waals surface area contributed by atoms with Crippen LogP contribution >= 0.6 is 22.7 Å². The monoisotopic (exact) mass is 254 g/mol. The van der Waals surface area contributed by atoms with E-state index in [2.05, 4.69) is 12.1 Å². The Morgan fingerprint density at radius 3 is 1.62 bits per heavy atom. The second-order valence-corrected chi connectivity index (χ2v) is 6.28. The molecule has 0 unspecified atom stereocenters. The van der Waals surface area contributed by atoms with Crippen LogP contribution in [0, 0.1) is 0 Å². The Bertz CT molecular complexity index is 376. The summed E-state index contributed by atoms with van der Waals surface area (Å²) in [5, 5.41) is 0. The van der Waals surface area contributed by atoms with Crippen LogP contribution in [0.4, 0.5) is 0 Å². The van der Waals surface area contributed by atoms with E-state index in [1.807, 2.05) is 22.7 Å². The fourth-order valence-electron chi connectivity index (χ4n) is 1.73. The molecule has 0 aliphatic carbocycles. The summed E-state index contributed by atoms with van der Waals surface area (Å²) >= 11 is 3.83. The molecule has 2 aromatic heterocycles. The lowest BCUT2D eigenvalue weighted by Crippen LogP contribution is -1.99. The standard InChI is InChI=1S/C12H18N2S2/c13-5-1-3-9-7-11-12(15-9)8-10(16-11)4-2-6-14/h7-8H,1-6,13-14H2. The molecule has 0 fully saturated rings. The van der Waals surface area contributed by atoms with E-state index in [-0.39, 0.29) is 0 Å². The van der Waals surface area contributed by atoms with Crippen molar-refractivity contribution in [2.24, 2.45) is 11.5 Å². The minimum atomic E-state index is 0.785. The Balaban J connectivity index is 2.07. The van der Waals surface area contributed by atoms with Gasteiger partial charge in [-0.3, -0.25) is 0 Å². The maximum atomic E-state index is 5.52. The first kappa shape index (κ1) is 12.0. The third-order valence-electron chi connectivity index (χ3n) is 2.56. The number of rotatable bonds is 6. The van der Waals surface area contributed by atoms with E-state index in [4.69, 9.17) is 11.5 Å². The van der Waals surface area contributed by atoms with Gasteiger partial charge in [0.2, 0.25) is 0 Å². The van der Waals surface area contributed by atoms with E-state index in [1.54, 1.807) is 0 Å². The molecule has 0 bridgehead atoms. The number of thiophene rings is 2. The highest BCUT2D eigenvalue weighted by Gasteiger charge is 2.06. The smallest absolute Gasteiger partial charge is 0.0456 e. The molecule has 2 nitrogen and oxygen atoms in total. The van der Waals surface area contributed by atoms with Gasteiger partial charge < -0.3 is 11.5 Å². The van der Waals surface area contributed by atoms with E-state index in [0.717, 1.165) is 38.8 Å². The third-order valence-corrected chi connectivity index (χ3v) is 4.98. The Kier molecular flexibility index (Phi) is 4.35. The van der Waals surface area contributed by atoms with Gasteiger partial charge in [-0.25, -0.2) is 0 Å². The van der Waals surface area contributed by atoms with Crippen molar-refractivity contribution in [3.8, 4) is 0 Å². The van der Waals surface area contributed by atoms with Crippen molar-refractivity contribution in [1.82, 2.24) is 0 Å². The zero-order valence-electron chi connectivity index (χ0n) is 9.37. The Morgan fingerprint density at radius 2 is 1.25 bits per heavy atom. The molecule has 0 aliphatic heterocycles. The van der Waals surface area contributed by atoms with Gasteiger partial charge >= 0.3 is 0 Å². The molecule has 4 N–H and O–H groups in total. The molecule has 0 amide bonds. The summed E-state index contributed by atoms with van der Waals surface area (Å²) in [4.78, 5) is 2.94. The molecule has 0 atom stereocenters. The summed E-state index contributed by atoms with van der Waals surface area (Å²) < 4.78 is 2.87. The number of aryl methyl sites for hydroxylation is 2. The van der Waals surface area contributed by atoms with Crippen LogP contribution in [0.1, 0.15) is 22.6 Å². The van der Waals surface area contributed by atoms with Crippen LogP contribution in [-0.4, -0.2) is 13.1 Å². The van der Waals surface area contributed by atoms with Gasteiger partial charge in [0.1, 0.15) is 0 Å². The molecule has 88 valence electrons. The number of fused-ring (bicyclic) bond motifs is 1. The van der Waals surface area contributed by atoms with Crippen LogP contribution in [0.3, 0.4) is 0 Å². The lowest BCUT2D eigenvalue weighted by atomic mass is 10.2. The van der Waals surface area contributed by atoms with Crippen molar-refractivity contribution in [1.29, 1.82) is 0 Å². The van der Waals surface area contributed by atoms with Crippen molar-refractivity contribution < 1.29 is 0 Å². The second-order valence-electron chi connectivity index (χ2n) is 3.94. The van der Waals surface area contributed by atoms with Gasteiger partial charge in [-0.05, 0) is 50.9 Å². The quantitative estimate of drug-likeness (QED) is 0.833. The SMILES string of the molecule is NCCCc1cc2sc(CCCN)cc2s1. The summed E-state index contributed by atoms with van der Waals surface area (Å²) in [6.45, 7) is 1.57. The first-order chi connectivity index (χ1) is 7.83. The van der Waals surface area contributed by atoms with E-state index >= 15 is 0 Å². The average molecular weight is 254 g/mol. The lowest BCUT2D eigenvalue weighted by molar-refractivity contribution is 0.843. The average Bonchev–Trinajstić information content (AvgIpc) is 2.80. The number of nitrogens with two attached hydrogens (primary N) is 2. The molecular formula is C12H18N2S2. The van der Waals surface area contributed by atoms with E-state index in [9.17, 15) is 0 Å². The first-order valence-corrected chi connectivity index (χ1v) is 7.38. The molecule has 0 aliphatic rings. The van der Waals surface area contributed by atoms with Crippen LogP contribution in [0.2, 0.25) is 0 Å². The predicted molar refractivity (Wildman–Crippen MR) is 74.5 cm³/mol. The zero-order chi connectivity index (χ0) is 11.4. The molecule has 0 spiro atoms. The first-order valence-electron chi connectivity index (χ1n) is 5.74. The molecular weight excluding hydrogens is 236 g/mol. The van der Waals surface area contributed by atoms with Crippen LogP contribution < -0.4 is 11.5 Å². The lowest BCUT2D eigenvalue weighted by Gasteiger charge is -1.93. The highest BCUT2D eigenvalue weighted by Crippen LogP contribution is 2.34. The molecule has 16 heavy (non-hydrogen) atoms. The van der Waals surface area contributed by atoms with Crippen LogP contribution in [-0.2, 0) is 12.8 Å². The van der Waals surface area contributed by atoms with Gasteiger partial charge in [-0.15, -0.1) is 22.7 Å². The maximum Gasteiger partial charge on any atom is 0.0456 e. The van der Waals surface area contributed by atoms with Gasteiger partial charge in [0.15, 0.2) is 0 Å². The van der Waals surface area contributed by atoms with E-state index in [1.165, 1.54) is 19.2 Å². The van der Waals surface area contributed by atoms with Gasteiger partial charge in [0.05, 0.1) is 0 Å². The number of hydrogen-bond acceptors (Lipinski definition) is 4. The summed E-state index contributed by atoms with van der Waals surface area (Å²) in [7, 11) is 0. The zero-order valence-corrected chi connectivity index (χ0v) is 11.0. The highest BCUT2D eigenvalue weighted by molar-refractivity contribution is 7.27. The normalized spacial score (nSPS) is 11.4. The summed E-state index contributed by atoms with van der Waals surface area (Å²) in [6.07, 6.45) is 4.43. The van der Waals surface area contributed by atoms with Gasteiger partial charge in [0.25, 0.3) is 0 Å². The summed E-state index contributed by atoms with van der Waals surface area (Å²) in [6, 6.07) is 4.65. The van der Waals surface area contributed by atoms with Gasteiger partial charge in [-0.2, -0.15) is 0 Å². The molecule has 0 radical (unpaired) electrons. The summed E-state index contributed by atoms with van der Waals surface area (Å²) in [5.41, 5.74) is 11.0. The number of hydrogen-bond donors (Lipinski definition) is 2. The molecule has 0 aromatic carbocycles. The molecule has 4 heteroatoms. The van der Waals surface area contributed by atoms with Crippen LogP contribution in [0.5, 0.6) is 0 Å². The van der Waals surface area contributed by atoms with Gasteiger partial charge in [0, 0.05) is 19.2 Å². The minimum Gasteiger partial charge on any atom is -0.330 e. The molecule has 2 rings (SSSR count). The molecule has 0 saturated carbocycles. The van der Waals surface area contributed by atoms with Crippen LogP contribution in [0.25, 0.3) is 9.40 Å². The van der Waals surface area contributed by atoms with E-state index in [0.29, 0.717) is 0 Å². The Hall–Kier alpha value is -0.420. The Labute approximate surface area is 104 Å². The summed E-state index contributed by atoms with van der Waals surface area (Å²) in [5.74, 6) is 0. The predicted octanol–water partition coefficient (Wildman–Crippen LogP) is 2.75. The molecule has 2 aromatic rings. The highest BCUT2D eigenvalue weighted by atomic mass is 32.1. The van der Waals surface area contributed by atoms with Crippen molar-refractivity contribution in [2.45, 2.75) is 25.7 Å². The topological polar surface area (TPSA) is 52.0 Å². The van der Waals surface area contributed by atoms with Gasteiger partial charge in [-0.1, -0.05) is 0 Å². The van der Waals surface area contributed by atoms with E-state index < -0.39 is 0 Å². The van der Waals surface area contributed by atoms with Crippen molar-refractivity contribution in [3.05, 3.63) is 21.9 Å². The molecule has 2 heterocycles. The second kappa shape index (κ2) is 5.77. The largest absolute Gasteiger partial charge is 0.330 e. The third kappa shape index (κ3) is 2.83. The van der Waals surface area contributed by atoms with Crippen molar-refractivity contribution in [3.63, 3.8) is 0 Å². The fourth-order valence-corrected chi connectivity index (χ4v) is 4.27. The van der Waals surface area contributed by atoms with Crippen LogP contribution in [0.15, 0.2) is 12.1 Å². The maximum absolute atomic E-state index is 5.52.